The van der Waals surface area contributed by atoms with Gasteiger partial charge in [0.25, 0.3) is 0 Å². The van der Waals surface area contributed by atoms with Crippen LogP contribution in [0.1, 0.15) is 50.8 Å². The molecule has 0 saturated carbocycles. The molecule has 1 aliphatic rings. The predicted octanol–water partition coefficient (Wildman–Crippen LogP) is -4.38. The van der Waals surface area contributed by atoms with Gasteiger partial charge in [-0.2, -0.15) is 0 Å². The number of benzene rings is 1. The Morgan fingerprint density at radius 3 is 2.11 bits per heavy atom. The SMILES string of the molecule is CC(C)[C@H](N)C(=O)N[C@@H](Cc1c[nH]c2ccccc12)C(=O)N[C@@H](Cc1cnc[nH]1)C(=O)NCC(=O)N[C@@H](CO)C(=O)N[C@@H](CC(=O)O)C(=O)N1CCC[C@H]1C(=O)N[C@@H](CC(N)=O)C(=O)O. The van der Waals surface area contributed by atoms with E-state index < -0.39 is 127 Å². The lowest BCUT2D eigenvalue weighted by Gasteiger charge is -2.29. The van der Waals surface area contributed by atoms with E-state index in [0.717, 1.165) is 15.8 Å². The second-order valence-corrected chi connectivity index (χ2v) is 15.7. The largest absolute Gasteiger partial charge is 0.481 e. The maximum Gasteiger partial charge on any atom is 0.326 e. The fourth-order valence-electron chi connectivity index (χ4n) is 6.95. The Balaban J connectivity index is 1.43. The highest BCUT2D eigenvalue weighted by atomic mass is 16.4. The van der Waals surface area contributed by atoms with Gasteiger partial charge in [-0.1, -0.05) is 32.0 Å². The number of para-hydroxylation sites is 1. The van der Waals surface area contributed by atoms with E-state index in [1.165, 1.54) is 12.5 Å². The van der Waals surface area contributed by atoms with Crippen molar-refractivity contribution in [2.75, 3.05) is 19.7 Å². The number of primary amides is 1. The number of aliphatic hydroxyl groups excluding tert-OH is 1. The predicted molar refractivity (Wildman–Crippen MR) is 225 cm³/mol. The molecular weight excluding hydrogens is 857 g/mol. The summed E-state index contributed by atoms with van der Waals surface area (Å²) in [6.45, 7) is 1.50. The van der Waals surface area contributed by atoms with Gasteiger partial charge in [0, 0.05) is 48.4 Å². The van der Waals surface area contributed by atoms with Gasteiger partial charge in [-0.15, -0.1) is 0 Å². The van der Waals surface area contributed by atoms with E-state index in [0.29, 0.717) is 11.3 Å². The first-order valence-corrected chi connectivity index (χ1v) is 20.5. The minimum Gasteiger partial charge on any atom is -0.481 e. The number of hydrogen-bond donors (Lipinski definition) is 13. The van der Waals surface area contributed by atoms with E-state index in [-0.39, 0.29) is 38.1 Å². The van der Waals surface area contributed by atoms with Gasteiger partial charge < -0.3 is 73.6 Å². The molecule has 0 radical (unpaired) electrons. The smallest absolute Gasteiger partial charge is 0.326 e. The van der Waals surface area contributed by atoms with Gasteiger partial charge in [-0.3, -0.25) is 43.2 Å². The van der Waals surface area contributed by atoms with Crippen LogP contribution in [0.5, 0.6) is 0 Å². The summed E-state index contributed by atoms with van der Waals surface area (Å²) in [7, 11) is 0. The number of nitrogens with one attached hydrogen (secondary N) is 8. The number of rotatable bonds is 24. The van der Waals surface area contributed by atoms with Crippen molar-refractivity contribution in [2.24, 2.45) is 17.4 Å². The third-order valence-electron chi connectivity index (χ3n) is 10.5. The van der Waals surface area contributed by atoms with E-state index in [1.54, 1.807) is 20.0 Å². The Bertz CT molecular complexity index is 2230. The van der Waals surface area contributed by atoms with Gasteiger partial charge in [0.1, 0.15) is 36.3 Å². The summed E-state index contributed by atoms with van der Waals surface area (Å²) in [4.78, 5) is 139. The third-order valence-corrected chi connectivity index (χ3v) is 10.5. The van der Waals surface area contributed by atoms with Crippen LogP contribution in [0.3, 0.4) is 0 Å². The highest BCUT2D eigenvalue weighted by Gasteiger charge is 2.40. The third kappa shape index (κ3) is 14.3. The molecule has 25 heteroatoms. The normalized spacial score (nSPS) is 16.3. The molecule has 352 valence electrons. The number of aromatic amines is 2. The van der Waals surface area contributed by atoms with Crippen molar-refractivity contribution in [3.8, 4) is 0 Å². The number of fused-ring (bicyclic) bond motifs is 1. The summed E-state index contributed by atoms with van der Waals surface area (Å²) in [6.07, 6.45) is 2.77. The first-order valence-electron chi connectivity index (χ1n) is 20.5. The number of carbonyl (C=O) groups is 10. The number of aliphatic hydroxyl groups is 1. The molecule has 15 N–H and O–H groups in total. The van der Waals surface area contributed by atoms with E-state index in [9.17, 15) is 63.3 Å². The lowest BCUT2D eigenvalue weighted by molar-refractivity contribution is -0.147. The molecule has 3 heterocycles. The van der Waals surface area contributed by atoms with Crippen molar-refractivity contribution in [2.45, 2.75) is 94.7 Å². The summed E-state index contributed by atoms with van der Waals surface area (Å²) in [6, 6.07) is -2.90. The molecule has 1 aliphatic heterocycles. The van der Waals surface area contributed by atoms with Crippen LogP contribution in [0, 0.1) is 5.92 Å². The molecule has 7 atom stereocenters. The molecule has 25 nitrogen and oxygen atoms in total. The summed E-state index contributed by atoms with van der Waals surface area (Å²) in [5, 5.41) is 43.9. The quantitative estimate of drug-likeness (QED) is 0.0404. The van der Waals surface area contributed by atoms with E-state index in [2.05, 4.69) is 46.9 Å². The Kier molecular flexibility index (Phi) is 18.0. The fraction of sp³-hybridized carbons (Fsp3) is 0.475. The summed E-state index contributed by atoms with van der Waals surface area (Å²) < 4.78 is 0. The van der Waals surface area contributed by atoms with E-state index in [1.807, 2.05) is 24.3 Å². The summed E-state index contributed by atoms with van der Waals surface area (Å²) in [5.41, 5.74) is 13.0. The fourth-order valence-corrected chi connectivity index (χ4v) is 6.95. The first kappa shape index (κ1) is 50.2. The van der Waals surface area contributed by atoms with Crippen molar-refractivity contribution in [3.05, 3.63) is 54.2 Å². The first-order chi connectivity index (χ1) is 30.8. The number of nitrogens with two attached hydrogens (primary N) is 2. The van der Waals surface area contributed by atoms with Crippen LogP contribution in [0.25, 0.3) is 10.9 Å². The average molecular weight is 911 g/mol. The van der Waals surface area contributed by atoms with Gasteiger partial charge in [-0.25, -0.2) is 9.78 Å². The molecule has 0 aliphatic carbocycles. The summed E-state index contributed by atoms with van der Waals surface area (Å²) in [5.74, 6) is -10.9. The van der Waals surface area contributed by atoms with Crippen LogP contribution in [-0.2, 0) is 60.8 Å². The number of aliphatic carboxylic acids is 2. The molecule has 3 aromatic rings. The van der Waals surface area contributed by atoms with Crippen molar-refractivity contribution in [1.82, 2.24) is 51.8 Å². The molecule has 2 aromatic heterocycles. The maximum absolute atomic E-state index is 14.0. The second kappa shape index (κ2) is 23.3. The molecule has 1 saturated heterocycles. The monoisotopic (exact) mass is 910 g/mol. The zero-order valence-electron chi connectivity index (χ0n) is 35.5. The molecule has 1 aromatic carbocycles. The van der Waals surface area contributed by atoms with Crippen LogP contribution >= 0.6 is 0 Å². The number of aromatic nitrogens is 3. The minimum atomic E-state index is -1.84. The number of likely N-dealkylation sites (tertiary alicyclic amines) is 1. The molecule has 8 amide bonds. The van der Waals surface area contributed by atoms with E-state index in [4.69, 9.17) is 11.5 Å². The van der Waals surface area contributed by atoms with Crippen molar-refractivity contribution < 1.29 is 63.3 Å². The Morgan fingerprint density at radius 1 is 0.815 bits per heavy atom. The van der Waals surface area contributed by atoms with E-state index >= 15 is 0 Å². The van der Waals surface area contributed by atoms with Gasteiger partial charge in [0.15, 0.2) is 0 Å². The highest BCUT2D eigenvalue weighted by molar-refractivity contribution is 5.98. The molecule has 0 spiro atoms. The van der Waals surface area contributed by atoms with Crippen molar-refractivity contribution in [1.29, 1.82) is 0 Å². The van der Waals surface area contributed by atoms with Gasteiger partial charge in [0.05, 0.1) is 38.4 Å². The number of carboxylic acid groups (broad SMARTS) is 2. The van der Waals surface area contributed by atoms with Crippen LogP contribution in [0.4, 0.5) is 0 Å². The van der Waals surface area contributed by atoms with Crippen molar-refractivity contribution in [3.63, 3.8) is 0 Å². The minimum absolute atomic E-state index is 0.00367. The second-order valence-electron chi connectivity index (χ2n) is 15.7. The zero-order valence-corrected chi connectivity index (χ0v) is 35.5. The topological polar surface area (TPSA) is 403 Å². The Hall–Kier alpha value is -7.41. The van der Waals surface area contributed by atoms with Crippen LogP contribution in [0.15, 0.2) is 43.0 Å². The van der Waals surface area contributed by atoms with Crippen LogP contribution < -0.4 is 43.4 Å². The maximum atomic E-state index is 14.0. The number of carboxylic acids is 2. The highest BCUT2D eigenvalue weighted by Crippen LogP contribution is 2.21. The summed E-state index contributed by atoms with van der Waals surface area (Å²) >= 11 is 0. The molecule has 0 bridgehead atoms. The Labute approximate surface area is 370 Å². The molecule has 0 unspecified atom stereocenters. The van der Waals surface area contributed by atoms with Crippen molar-refractivity contribution >= 4 is 70.1 Å². The van der Waals surface area contributed by atoms with Gasteiger partial charge in [0.2, 0.25) is 47.3 Å². The van der Waals surface area contributed by atoms with Crippen LogP contribution in [-0.4, -0.2) is 156 Å². The Morgan fingerprint density at radius 2 is 1.48 bits per heavy atom. The number of hydrogen-bond acceptors (Lipinski definition) is 13. The molecule has 1 fully saturated rings. The molecular formula is C40H54N12O13. The van der Waals surface area contributed by atoms with Gasteiger partial charge >= 0.3 is 11.9 Å². The zero-order chi connectivity index (χ0) is 48.0. The van der Waals surface area contributed by atoms with Gasteiger partial charge in [-0.05, 0) is 30.4 Å². The number of nitrogens with zero attached hydrogens (tertiary/aromatic N) is 2. The number of carbonyl (C=O) groups excluding carboxylic acids is 8. The number of H-pyrrole nitrogens is 2. The standard InChI is InChI=1S/C40H54N12O13/c1-19(2)33(42)38(62)49-24(10-20-14-44-23-7-4-3-6-22(20)23)35(59)48-25(11-21-15-43-18-46-21)34(58)45-16-31(55)47-28(17-53)36(60)50-26(13-32(56)57)39(63)52-9-5-8-29(52)37(61)51-27(40(64)65)12-30(41)54/h3-4,6-7,14-15,18-19,24-29,33,44,53H,5,8-13,16-17,42H2,1-2H3,(H2,41,54)(H,43,46)(H,45,58)(H,47,55)(H,48,59)(H,49,62)(H,50,60)(H,51,61)(H,56,57)(H,64,65)/t24-,25-,26-,27-,28-,29-,33-/m0/s1. The average Bonchev–Trinajstić information content (AvgIpc) is 4.05. The number of amides is 8. The lowest BCUT2D eigenvalue weighted by atomic mass is 10.0. The molecule has 4 rings (SSSR count). The lowest BCUT2D eigenvalue weighted by Crippen LogP contribution is -2.59. The van der Waals surface area contributed by atoms with Crippen LogP contribution in [0.2, 0.25) is 0 Å². The molecule has 65 heavy (non-hydrogen) atoms. The number of imidazole rings is 1.